The second-order valence-corrected chi connectivity index (χ2v) is 13.7. The number of fused-ring (bicyclic) bond motifs is 2. The van der Waals surface area contributed by atoms with Crippen LogP contribution in [0.2, 0.25) is 0 Å². The molecule has 2 heterocycles. The van der Waals surface area contributed by atoms with Crippen molar-refractivity contribution in [3.8, 4) is 0 Å². The topological polar surface area (TPSA) is 99.0 Å². The number of halogens is 2. The molecule has 3 aliphatic rings. The van der Waals surface area contributed by atoms with Crippen molar-refractivity contribution in [2.45, 2.75) is 52.4 Å². The summed E-state index contributed by atoms with van der Waals surface area (Å²) < 4.78 is 14.0. The number of ether oxygens (including phenoxy) is 2. The van der Waals surface area contributed by atoms with Crippen molar-refractivity contribution in [3.63, 3.8) is 0 Å². The Bertz CT molecular complexity index is 1730. The van der Waals surface area contributed by atoms with Gasteiger partial charge >= 0.3 is 11.9 Å². The van der Waals surface area contributed by atoms with Gasteiger partial charge in [0.05, 0.1) is 18.6 Å². The number of ketones is 1. The molecule has 2 aromatic rings. The molecule has 5 rings (SSSR count). The number of carbonyl (C=O) groups is 3. The third-order valence-electron chi connectivity index (χ3n) is 8.43. The van der Waals surface area contributed by atoms with Crippen LogP contribution in [0.1, 0.15) is 52.7 Å². The maximum atomic E-state index is 13.7. The summed E-state index contributed by atoms with van der Waals surface area (Å²) in [6.45, 7) is 11.9. The lowest BCUT2D eigenvalue weighted by molar-refractivity contribution is -0.428. The van der Waals surface area contributed by atoms with E-state index in [1.807, 2.05) is 73.6 Å². The van der Waals surface area contributed by atoms with E-state index in [0.29, 0.717) is 11.4 Å². The van der Waals surface area contributed by atoms with E-state index in [9.17, 15) is 19.5 Å². The van der Waals surface area contributed by atoms with Gasteiger partial charge in [-0.1, -0.05) is 51.5 Å². The molecule has 0 radical (unpaired) electrons. The van der Waals surface area contributed by atoms with Crippen LogP contribution in [0.3, 0.4) is 0 Å². The Balaban J connectivity index is 1.60. The molecule has 2 aromatic carbocycles. The van der Waals surface area contributed by atoms with Crippen LogP contribution in [0.15, 0.2) is 80.1 Å². The second-order valence-electron chi connectivity index (χ2n) is 11.9. The number of allylic oxidation sites excluding steroid dienone is 5. The summed E-state index contributed by atoms with van der Waals surface area (Å²) in [4.78, 5) is 40.7. The molecular weight excluding hydrogens is 692 g/mol. The largest absolute Gasteiger partial charge is 0.871 e. The van der Waals surface area contributed by atoms with E-state index < -0.39 is 22.8 Å². The first-order chi connectivity index (χ1) is 20.7. The van der Waals surface area contributed by atoms with Crippen LogP contribution in [0, 0.1) is 0 Å². The highest BCUT2D eigenvalue weighted by molar-refractivity contribution is 9.10. The fourth-order valence-corrected chi connectivity index (χ4v) is 6.92. The van der Waals surface area contributed by atoms with Gasteiger partial charge in [0, 0.05) is 54.6 Å². The Labute approximate surface area is 274 Å². The van der Waals surface area contributed by atoms with Gasteiger partial charge in [0.1, 0.15) is 6.54 Å². The normalized spacial score (nSPS) is 19.8. The van der Waals surface area contributed by atoms with Crippen molar-refractivity contribution in [3.05, 3.63) is 91.2 Å². The van der Waals surface area contributed by atoms with E-state index in [0.717, 1.165) is 31.4 Å². The number of carbonyl (C=O) groups excluding carboxylic acids is 3. The molecule has 0 spiro atoms. The van der Waals surface area contributed by atoms with Crippen molar-refractivity contribution >= 4 is 66.7 Å². The number of rotatable bonds is 8. The SMILES string of the molecule is CCOC(=O)CN1C(=CC2=C([O-])C(=CC3=[N+](CC(=O)OCC)c4ccc(Br)cc4C3(C)C)C2=O)C(C)(C)c2cc(Br)ccc21. The summed E-state index contributed by atoms with van der Waals surface area (Å²) in [7, 11) is 0. The third kappa shape index (κ3) is 5.36. The van der Waals surface area contributed by atoms with Gasteiger partial charge in [-0.2, -0.15) is 4.58 Å². The monoisotopic (exact) mass is 724 g/mol. The van der Waals surface area contributed by atoms with Crippen LogP contribution in [-0.4, -0.2) is 54.3 Å². The molecule has 0 aromatic heterocycles. The number of anilines is 1. The lowest BCUT2D eigenvalue weighted by Gasteiger charge is -2.32. The summed E-state index contributed by atoms with van der Waals surface area (Å²) >= 11 is 7.08. The minimum Gasteiger partial charge on any atom is -0.871 e. The molecule has 0 fully saturated rings. The smallest absolute Gasteiger partial charge is 0.372 e. The first kappa shape index (κ1) is 31.9. The summed E-state index contributed by atoms with van der Waals surface area (Å²) in [5.74, 6) is -1.59. The summed E-state index contributed by atoms with van der Waals surface area (Å²) in [6.07, 6.45) is 3.23. The van der Waals surface area contributed by atoms with E-state index in [-0.39, 0.29) is 49.0 Å². The standard InChI is InChI=1S/C34H34Br2N2O6/c1-7-43-29(39)17-37-25-11-9-19(35)13-23(25)33(3,4)27(37)15-21-31(41)22(32(21)42)16-28-34(5,6)24-14-20(36)10-12-26(24)38(28)18-30(40)44-8-2/h9-16H,7-8,17-18H2,1-6H3. The number of benzene rings is 2. The predicted molar refractivity (Wildman–Crippen MR) is 173 cm³/mol. The molecule has 2 aliphatic heterocycles. The average Bonchev–Trinajstić information content (AvgIpc) is 3.28. The number of nitrogens with zero attached hydrogens (tertiary/aromatic N) is 2. The van der Waals surface area contributed by atoms with Gasteiger partial charge < -0.3 is 19.5 Å². The van der Waals surface area contributed by atoms with Gasteiger partial charge in [0.25, 0.3) is 0 Å². The first-order valence-corrected chi connectivity index (χ1v) is 16.0. The van der Waals surface area contributed by atoms with Crippen LogP contribution < -0.4 is 10.0 Å². The summed E-state index contributed by atoms with van der Waals surface area (Å²) in [5, 5.41) is 13.7. The molecule has 0 N–H and O–H groups in total. The Morgan fingerprint density at radius 2 is 1.52 bits per heavy atom. The minimum atomic E-state index is -0.605. The quantitative estimate of drug-likeness (QED) is 0.201. The lowest BCUT2D eigenvalue weighted by Crippen LogP contribution is -2.36. The van der Waals surface area contributed by atoms with E-state index in [1.54, 1.807) is 26.0 Å². The molecular formula is C34H34Br2N2O6. The third-order valence-corrected chi connectivity index (χ3v) is 9.42. The number of hydrogen-bond acceptors (Lipinski definition) is 7. The maximum absolute atomic E-state index is 13.7. The zero-order valence-electron chi connectivity index (χ0n) is 25.5. The van der Waals surface area contributed by atoms with Gasteiger partial charge in [-0.25, -0.2) is 4.79 Å². The Morgan fingerprint density at radius 1 is 0.909 bits per heavy atom. The molecule has 230 valence electrons. The zero-order valence-corrected chi connectivity index (χ0v) is 28.7. The van der Waals surface area contributed by atoms with Gasteiger partial charge in [-0.05, 0) is 69.7 Å². The van der Waals surface area contributed by atoms with Crippen LogP contribution >= 0.6 is 31.9 Å². The van der Waals surface area contributed by atoms with Crippen LogP contribution in [0.4, 0.5) is 11.4 Å². The van der Waals surface area contributed by atoms with Gasteiger partial charge in [0.15, 0.2) is 11.5 Å². The summed E-state index contributed by atoms with van der Waals surface area (Å²) in [6, 6.07) is 11.6. The maximum Gasteiger partial charge on any atom is 0.372 e. The molecule has 8 nitrogen and oxygen atoms in total. The number of Topliss-reactive ketones (excluding diaryl/α,β-unsaturated/α-hetero) is 1. The lowest BCUT2D eigenvalue weighted by atomic mass is 9.77. The fourth-order valence-electron chi connectivity index (χ4n) is 6.20. The Kier molecular flexibility index (Phi) is 8.54. The van der Waals surface area contributed by atoms with Crippen LogP contribution in [-0.2, 0) is 34.7 Å². The molecule has 44 heavy (non-hydrogen) atoms. The molecule has 0 bridgehead atoms. The molecule has 10 heteroatoms. The van der Waals surface area contributed by atoms with Crippen molar-refractivity contribution in [1.29, 1.82) is 0 Å². The minimum absolute atomic E-state index is 0.0497. The van der Waals surface area contributed by atoms with Crippen molar-refractivity contribution < 1.29 is 33.5 Å². The molecule has 1 aliphatic carbocycles. The highest BCUT2D eigenvalue weighted by Crippen LogP contribution is 2.50. The van der Waals surface area contributed by atoms with Crippen molar-refractivity contribution in [1.82, 2.24) is 0 Å². The van der Waals surface area contributed by atoms with Gasteiger partial charge in [0.2, 0.25) is 12.2 Å². The first-order valence-electron chi connectivity index (χ1n) is 14.5. The van der Waals surface area contributed by atoms with Crippen LogP contribution in [0.5, 0.6) is 0 Å². The van der Waals surface area contributed by atoms with Crippen molar-refractivity contribution in [2.24, 2.45) is 0 Å². The fraction of sp³-hybridized carbons (Fsp3) is 0.353. The molecule has 0 saturated heterocycles. The second kappa shape index (κ2) is 11.8. The number of esters is 2. The number of hydrogen-bond donors (Lipinski definition) is 0. The Morgan fingerprint density at radius 3 is 2.16 bits per heavy atom. The molecule has 0 amide bonds. The Hall–Kier alpha value is -3.50. The van der Waals surface area contributed by atoms with Gasteiger partial charge in [-0.3, -0.25) is 9.59 Å². The predicted octanol–water partition coefficient (Wildman–Crippen LogP) is 5.52. The molecule has 0 saturated carbocycles. The highest BCUT2D eigenvalue weighted by Gasteiger charge is 2.47. The van der Waals surface area contributed by atoms with E-state index in [1.165, 1.54) is 0 Å². The van der Waals surface area contributed by atoms with Crippen LogP contribution in [0.25, 0.3) is 0 Å². The van der Waals surface area contributed by atoms with Gasteiger partial charge in [-0.15, -0.1) is 0 Å². The van der Waals surface area contributed by atoms with Crippen molar-refractivity contribution in [2.75, 3.05) is 31.2 Å². The summed E-state index contributed by atoms with van der Waals surface area (Å²) in [5.41, 5.74) is 3.75. The molecule has 0 atom stereocenters. The zero-order chi connectivity index (χ0) is 32.1. The van der Waals surface area contributed by atoms with E-state index >= 15 is 0 Å². The highest BCUT2D eigenvalue weighted by atomic mass is 79.9. The molecule has 0 unspecified atom stereocenters. The van der Waals surface area contributed by atoms with E-state index in [4.69, 9.17) is 9.47 Å². The van der Waals surface area contributed by atoms with E-state index in [2.05, 4.69) is 31.9 Å². The average molecular weight is 726 g/mol.